The van der Waals surface area contributed by atoms with E-state index in [1.807, 2.05) is 0 Å². The van der Waals surface area contributed by atoms with Crippen molar-refractivity contribution < 1.29 is 20.8 Å². The zero-order chi connectivity index (χ0) is 12.1. The summed E-state index contributed by atoms with van der Waals surface area (Å²) in [5.74, 6) is 0. The van der Waals surface area contributed by atoms with E-state index in [1.165, 1.54) is 21.2 Å². The summed E-state index contributed by atoms with van der Waals surface area (Å²) >= 11 is 0.966. The van der Waals surface area contributed by atoms with Gasteiger partial charge in [0.1, 0.15) is 0 Å². The molecule has 1 aromatic heterocycles. The Bertz CT molecular complexity index is 539. The first kappa shape index (κ1) is 13.4. The van der Waals surface area contributed by atoms with Crippen molar-refractivity contribution in [2.75, 3.05) is 0 Å². The molecule has 4 heteroatoms. The molecule has 0 radical (unpaired) electrons. The van der Waals surface area contributed by atoms with Gasteiger partial charge in [-0.05, 0) is 10.3 Å². The van der Waals surface area contributed by atoms with Crippen molar-refractivity contribution in [1.82, 2.24) is 0 Å². The Labute approximate surface area is 123 Å². The van der Waals surface area contributed by atoms with Crippen LogP contribution < -0.4 is 0 Å². The number of rotatable bonds is 1. The number of halogens is 2. The molecule has 3 rings (SSSR count). The fraction of sp³-hybridized carbons (Fsp3) is 0. The topological polar surface area (TPSA) is 0 Å². The minimum atomic E-state index is -0.826. The first-order chi connectivity index (χ1) is 8.35. The summed E-state index contributed by atoms with van der Waals surface area (Å²) in [6.45, 7) is 0. The zero-order valence-corrected chi connectivity index (χ0v) is 13.6. The van der Waals surface area contributed by atoms with E-state index in [-0.39, 0.29) is 0 Å². The van der Waals surface area contributed by atoms with Gasteiger partial charge in [0.25, 0.3) is 0 Å². The van der Waals surface area contributed by atoms with E-state index in [9.17, 15) is 0 Å². The van der Waals surface area contributed by atoms with Crippen LogP contribution in [0.3, 0.4) is 0 Å². The zero-order valence-electron chi connectivity index (χ0n) is 8.86. The van der Waals surface area contributed by atoms with Crippen LogP contribution in [-0.4, -0.2) is 0 Å². The number of hydrogen-bond donors (Lipinski definition) is 0. The van der Waals surface area contributed by atoms with Gasteiger partial charge in [0.05, 0.1) is 0 Å². The monoisotopic (exact) mass is 357 g/mol. The molecule has 0 aliphatic heterocycles. The summed E-state index contributed by atoms with van der Waals surface area (Å²) < 4.78 is 0. The van der Waals surface area contributed by atoms with E-state index in [1.54, 1.807) is 11.3 Å². The first-order valence-electron chi connectivity index (χ1n) is 5.01. The molecule has 0 N–H and O–H groups in total. The average Bonchev–Trinajstić information content (AvgIpc) is 2.99. The van der Waals surface area contributed by atoms with E-state index >= 15 is 0 Å². The van der Waals surface area contributed by atoms with Gasteiger partial charge in [0.15, 0.2) is 0 Å². The van der Waals surface area contributed by atoms with Gasteiger partial charge in [0, 0.05) is 0 Å². The standard InChI is InChI=1S/C13H9S.2ClH.Zr/c1-2-5-11-9-12(8-10(11)4-1)13-6-3-7-14-13;;;/h1-9H;2*1H;/q-1;;;+2/p-2. The molecule has 0 fully saturated rings. The third-order valence-electron chi connectivity index (χ3n) is 2.42. The Kier molecular flexibility index (Phi) is 5.37. The van der Waals surface area contributed by atoms with Crippen molar-refractivity contribution in [3.8, 4) is 10.4 Å². The Morgan fingerprint density at radius 1 is 1.06 bits per heavy atom. The molecule has 0 atom stereocenters. The van der Waals surface area contributed by atoms with Gasteiger partial charge in [-0.1, -0.05) is 30.3 Å². The van der Waals surface area contributed by atoms with E-state index < -0.39 is 20.8 Å². The first-order valence-corrected chi connectivity index (χ1v) is 12.2. The minimum absolute atomic E-state index is 0.826. The Morgan fingerprint density at radius 3 is 2.47 bits per heavy atom. The van der Waals surface area contributed by atoms with E-state index in [0.29, 0.717) is 0 Å². The number of thiophene rings is 1. The van der Waals surface area contributed by atoms with Crippen molar-refractivity contribution in [2.24, 2.45) is 0 Å². The van der Waals surface area contributed by atoms with Crippen LogP contribution in [0.4, 0.5) is 0 Å². The summed E-state index contributed by atoms with van der Waals surface area (Å²) in [6.07, 6.45) is 0. The van der Waals surface area contributed by atoms with Gasteiger partial charge < -0.3 is 0 Å². The smallest absolute Gasteiger partial charge is 0.0174 e. The Hall–Kier alpha value is -0.00688. The van der Waals surface area contributed by atoms with E-state index in [4.69, 9.17) is 17.0 Å². The van der Waals surface area contributed by atoms with Crippen molar-refractivity contribution in [2.45, 2.75) is 0 Å². The third-order valence-corrected chi connectivity index (χ3v) is 3.34. The van der Waals surface area contributed by atoms with Crippen LogP contribution in [0.1, 0.15) is 0 Å². The van der Waals surface area contributed by atoms with Crippen LogP contribution in [0.25, 0.3) is 21.2 Å². The van der Waals surface area contributed by atoms with Gasteiger partial charge in [0.2, 0.25) is 0 Å². The summed E-state index contributed by atoms with van der Waals surface area (Å²) in [7, 11) is 9.87. The van der Waals surface area contributed by atoms with Gasteiger partial charge in [-0.3, -0.25) is 0 Å². The molecule has 0 saturated carbocycles. The molecule has 0 spiro atoms. The molecule has 0 aliphatic rings. The van der Waals surface area contributed by atoms with E-state index in [0.717, 1.165) is 0 Å². The van der Waals surface area contributed by atoms with Crippen molar-refractivity contribution in [3.05, 3.63) is 53.9 Å². The largest absolute Gasteiger partial charge is 0.185 e. The maximum atomic E-state index is 4.93. The summed E-state index contributed by atoms with van der Waals surface area (Å²) in [4.78, 5) is 1.35. The number of hydrogen-bond acceptors (Lipinski definition) is 1. The van der Waals surface area contributed by atoms with Crippen molar-refractivity contribution in [3.63, 3.8) is 0 Å². The molecule has 3 aromatic rings. The maximum absolute atomic E-state index is 4.93. The summed E-state index contributed by atoms with van der Waals surface area (Å²) in [5.41, 5.74) is 1.33. The predicted octanol–water partition coefficient (Wildman–Crippen LogP) is 5.66. The second kappa shape index (κ2) is 6.80. The molecule has 2 aromatic carbocycles. The molecule has 1 heterocycles. The molecule has 0 nitrogen and oxygen atoms in total. The van der Waals surface area contributed by atoms with Crippen LogP contribution in [0.15, 0.2) is 53.9 Å². The van der Waals surface area contributed by atoms with Crippen LogP contribution in [0.2, 0.25) is 0 Å². The Balaban J connectivity index is 0.000000329. The normalized spacial score (nSPS) is 9.76. The fourth-order valence-electron chi connectivity index (χ4n) is 1.74. The van der Waals surface area contributed by atoms with Crippen molar-refractivity contribution in [1.29, 1.82) is 0 Å². The van der Waals surface area contributed by atoms with Gasteiger partial charge in [-0.15, -0.1) is 34.5 Å². The Morgan fingerprint density at radius 2 is 1.82 bits per heavy atom. The molecule has 0 bridgehead atoms. The van der Waals surface area contributed by atoms with Crippen LogP contribution >= 0.6 is 28.4 Å². The van der Waals surface area contributed by atoms with Crippen LogP contribution in [0.5, 0.6) is 0 Å². The van der Waals surface area contributed by atoms with E-state index in [2.05, 4.69) is 53.9 Å². The molecule has 0 amide bonds. The quantitative estimate of drug-likeness (QED) is 0.492. The SMILES string of the molecule is [Cl][Zr][Cl].c1csc(-c2cc3ccccc3[cH-]2)c1. The number of benzene rings is 1. The molecular formula is C13H9Cl2SZr-. The molecule has 0 saturated heterocycles. The molecule has 17 heavy (non-hydrogen) atoms. The molecule has 86 valence electrons. The second-order valence-electron chi connectivity index (χ2n) is 3.42. The molecule has 0 unspecified atom stereocenters. The van der Waals surface area contributed by atoms with Gasteiger partial charge in [-0.2, -0.15) is 11.3 Å². The molecule has 0 aliphatic carbocycles. The number of fused-ring (bicyclic) bond motifs is 1. The van der Waals surface area contributed by atoms with Crippen LogP contribution in [0, 0.1) is 0 Å². The fourth-order valence-corrected chi connectivity index (χ4v) is 2.45. The van der Waals surface area contributed by atoms with Crippen molar-refractivity contribution >= 4 is 39.1 Å². The maximum Gasteiger partial charge on any atom is -0.0174 e. The second-order valence-corrected chi connectivity index (χ2v) is 8.10. The summed E-state index contributed by atoms with van der Waals surface area (Å²) in [5, 5.41) is 4.78. The predicted molar refractivity (Wildman–Crippen MR) is 74.6 cm³/mol. The average molecular weight is 359 g/mol. The molecular weight excluding hydrogens is 350 g/mol. The minimum Gasteiger partial charge on any atom is -0.185 e. The van der Waals surface area contributed by atoms with Gasteiger partial charge >= 0.3 is 37.9 Å². The summed E-state index contributed by atoms with van der Waals surface area (Å²) in [6, 6.07) is 17.2. The third kappa shape index (κ3) is 3.48. The van der Waals surface area contributed by atoms with Crippen LogP contribution in [-0.2, 0) is 20.8 Å². The van der Waals surface area contributed by atoms with Gasteiger partial charge in [-0.25, -0.2) is 0 Å².